The fourth-order valence-corrected chi connectivity index (χ4v) is 2.78. The van der Waals surface area contributed by atoms with Gasteiger partial charge in [-0.15, -0.1) is 0 Å². The van der Waals surface area contributed by atoms with Gasteiger partial charge < -0.3 is 29.4 Å². The van der Waals surface area contributed by atoms with Crippen molar-refractivity contribution in [2.75, 3.05) is 69.6 Å². The number of hydrogen-bond donors (Lipinski definition) is 1. The summed E-state index contributed by atoms with van der Waals surface area (Å²) in [7, 11) is 0. The number of rotatable bonds is 19. The molecule has 0 saturated heterocycles. The van der Waals surface area contributed by atoms with E-state index >= 15 is 0 Å². The molecule has 156 valence electrons. The van der Waals surface area contributed by atoms with E-state index in [1.165, 1.54) is 23.7 Å². The van der Waals surface area contributed by atoms with Gasteiger partial charge in [-0.3, -0.25) is 0 Å². The molecule has 0 unspecified atom stereocenters. The largest absolute Gasteiger partial charge is 0.489 e. The smallest absolute Gasteiger partial charge is 0.142 e. The number of unbranched alkanes of at least 4 members (excludes halogenated alkanes) is 3. The molecule has 0 atom stereocenters. The predicted octanol–water partition coefficient (Wildman–Crippen LogP) is 3.71. The van der Waals surface area contributed by atoms with Crippen LogP contribution in [0.3, 0.4) is 0 Å². The van der Waals surface area contributed by atoms with Gasteiger partial charge >= 0.3 is 0 Å². The predicted molar refractivity (Wildman–Crippen MR) is 117 cm³/mol. The van der Waals surface area contributed by atoms with Gasteiger partial charge in [-0.2, -0.15) is 0 Å². The lowest BCUT2D eigenvalue weighted by atomic mass is 10.2. The zero-order chi connectivity index (χ0) is 19.4. The van der Waals surface area contributed by atoms with Crippen LogP contribution in [-0.2, 0) is 18.9 Å². The monoisotopic (exact) mass is 495 g/mol. The second kappa shape index (κ2) is 18.7. The van der Waals surface area contributed by atoms with Crippen molar-refractivity contribution in [2.24, 2.45) is 0 Å². The summed E-state index contributed by atoms with van der Waals surface area (Å²) in [6, 6.07) is 7.43. The van der Waals surface area contributed by atoms with Gasteiger partial charge in [0.2, 0.25) is 0 Å². The molecule has 27 heavy (non-hydrogen) atoms. The van der Waals surface area contributed by atoms with Crippen LogP contribution in [0.25, 0.3) is 0 Å². The summed E-state index contributed by atoms with van der Waals surface area (Å²) in [5, 5.41) is 0. The molecule has 2 N–H and O–H groups in total. The van der Waals surface area contributed by atoms with Crippen molar-refractivity contribution in [1.29, 1.82) is 0 Å². The lowest BCUT2D eigenvalue weighted by Crippen LogP contribution is -2.14. The van der Waals surface area contributed by atoms with Gasteiger partial charge in [-0.1, -0.05) is 47.6 Å². The highest BCUT2D eigenvalue weighted by Crippen LogP contribution is 2.19. The molecular weight excluding hydrogens is 461 g/mol. The van der Waals surface area contributed by atoms with Crippen molar-refractivity contribution in [3.8, 4) is 5.75 Å². The number of halogens is 1. The van der Waals surface area contributed by atoms with Crippen LogP contribution >= 0.6 is 22.6 Å². The fourth-order valence-electron chi connectivity index (χ4n) is 2.24. The van der Waals surface area contributed by atoms with Gasteiger partial charge in [0.1, 0.15) is 12.4 Å². The van der Waals surface area contributed by atoms with E-state index in [2.05, 4.69) is 22.6 Å². The third kappa shape index (κ3) is 15.0. The Morgan fingerprint density at radius 2 is 1.15 bits per heavy atom. The molecule has 0 fully saturated rings. The molecule has 0 aliphatic rings. The molecule has 0 aliphatic heterocycles. The zero-order valence-corrected chi connectivity index (χ0v) is 18.4. The number of ether oxygens (including phenoxy) is 5. The van der Waals surface area contributed by atoms with E-state index in [4.69, 9.17) is 29.4 Å². The highest BCUT2D eigenvalue weighted by molar-refractivity contribution is 14.1. The second-order valence-electron chi connectivity index (χ2n) is 5.94. The Balaban J connectivity index is 1.73. The van der Waals surface area contributed by atoms with Gasteiger partial charge in [0.05, 0.1) is 51.9 Å². The van der Waals surface area contributed by atoms with Gasteiger partial charge in [0.15, 0.2) is 0 Å². The maximum absolute atomic E-state index is 5.79. The van der Waals surface area contributed by atoms with E-state index in [0.29, 0.717) is 64.3 Å². The molecule has 6 nitrogen and oxygen atoms in total. The van der Waals surface area contributed by atoms with Crippen LogP contribution in [0, 0.1) is 0 Å². The van der Waals surface area contributed by atoms with Gasteiger partial charge in [0.25, 0.3) is 0 Å². The van der Waals surface area contributed by atoms with Crippen molar-refractivity contribution in [3.63, 3.8) is 0 Å². The number of nitrogens with two attached hydrogens (primary N) is 1. The summed E-state index contributed by atoms with van der Waals surface area (Å²) in [6.45, 7) is 5.30. The number of alkyl halides is 1. The third-order valence-electron chi connectivity index (χ3n) is 3.69. The maximum atomic E-state index is 5.79. The number of anilines is 1. The van der Waals surface area contributed by atoms with Crippen LogP contribution in [0.15, 0.2) is 24.3 Å². The summed E-state index contributed by atoms with van der Waals surface area (Å²) in [5.41, 5.74) is 6.43. The first-order chi connectivity index (χ1) is 13.3. The first-order valence-electron chi connectivity index (χ1n) is 9.69. The molecule has 0 radical (unpaired) electrons. The fraction of sp³-hybridized carbons (Fsp3) is 0.700. The van der Waals surface area contributed by atoms with Crippen LogP contribution in [0.4, 0.5) is 5.69 Å². The minimum Gasteiger partial charge on any atom is -0.489 e. The Labute approximate surface area is 177 Å². The first kappa shape index (κ1) is 24.4. The molecule has 1 rings (SSSR count). The average molecular weight is 495 g/mol. The Bertz CT molecular complexity index is 450. The number of hydrogen-bond acceptors (Lipinski definition) is 6. The molecule has 0 amide bonds. The quantitative estimate of drug-likeness (QED) is 0.137. The summed E-state index contributed by atoms with van der Waals surface area (Å²) in [6.07, 6.45) is 5.01. The number of nitrogen functional groups attached to an aromatic ring is 1. The molecule has 7 heteroatoms. The minimum absolute atomic E-state index is 0.468. The third-order valence-corrected chi connectivity index (χ3v) is 4.46. The van der Waals surface area contributed by atoms with Crippen molar-refractivity contribution in [3.05, 3.63) is 24.3 Å². The molecule has 0 heterocycles. The lowest BCUT2D eigenvalue weighted by Gasteiger charge is -2.09. The topological polar surface area (TPSA) is 72.2 Å². The van der Waals surface area contributed by atoms with E-state index < -0.39 is 0 Å². The Morgan fingerprint density at radius 1 is 0.630 bits per heavy atom. The molecule has 1 aromatic rings. The summed E-state index contributed by atoms with van der Waals surface area (Å²) >= 11 is 2.42. The van der Waals surface area contributed by atoms with Crippen LogP contribution < -0.4 is 10.5 Å². The average Bonchev–Trinajstić information content (AvgIpc) is 2.68. The number of benzene rings is 1. The van der Waals surface area contributed by atoms with E-state index in [9.17, 15) is 0 Å². The van der Waals surface area contributed by atoms with Crippen molar-refractivity contribution in [1.82, 2.24) is 0 Å². The molecule has 0 aliphatic carbocycles. The van der Waals surface area contributed by atoms with Gasteiger partial charge in [-0.25, -0.2) is 0 Å². The Morgan fingerprint density at radius 3 is 1.74 bits per heavy atom. The maximum Gasteiger partial charge on any atom is 0.142 e. The van der Waals surface area contributed by atoms with Crippen LogP contribution in [-0.4, -0.2) is 63.9 Å². The summed E-state index contributed by atoms with van der Waals surface area (Å²) in [4.78, 5) is 0. The van der Waals surface area contributed by atoms with Crippen LogP contribution in [0.5, 0.6) is 5.75 Å². The van der Waals surface area contributed by atoms with Crippen molar-refractivity contribution in [2.45, 2.75) is 25.7 Å². The molecule has 1 aromatic carbocycles. The molecule has 0 saturated carbocycles. The van der Waals surface area contributed by atoms with Crippen LogP contribution in [0.1, 0.15) is 25.7 Å². The second-order valence-corrected chi connectivity index (χ2v) is 7.02. The van der Waals surface area contributed by atoms with Crippen LogP contribution in [0.2, 0.25) is 0 Å². The highest BCUT2D eigenvalue weighted by Gasteiger charge is 1.98. The Hall–Kier alpha value is -0.610. The molecule has 0 spiro atoms. The molecule has 0 aromatic heterocycles. The molecular formula is C20H34INO5. The van der Waals surface area contributed by atoms with E-state index in [1.807, 2.05) is 24.3 Å². The van der Waals surface area contributed by atoms with E-state index in [0.717, 1.165) is 13.0 Å². The standard InChI is InChI=1S/C20H34INO5/c21-9-5-1-2-6-10-23-11-12-24-13-14-25-15-16-26-17-18-27-20-8-4-3-7-19(20)22/h3-4,7-8H,1-2,5-6,9-18,22H2. The lowest BCUT2D eigenvalue weighted by molar-refractivity contribution is -0.00484. The Kier molecular flexibility index (Phi) is 17.0. The normalized spacial score (nSPS) is 11.0. The summed E-state index contributed by atoms with van der Waals surface area (Å²) < 4.78 is 28.7. The number of para-hydroxylation sites is 2. The zero-order valence-electron chi connectivity index (χ0n) is 16.2. The van der Waals surface area contributed by atoms with Crippen molar-refractivity contribution >= 4 is 28.3 Å². The SMILES string of the molecule is Nc1ccccc1OCCOCCOCCOCCOCCCCCCI. The van der Waals surface area contributed by atoms with Gasteiger partial charge in [-0.05, 0) is 29.4 Å². The van der Waals surface area contributed by atoms with Gasteiger partial charge in [0, 0.05) is 6.61 Å². The summed E-state index contributed by atoms with van der Waals surface area (Å²) in [5.74, 6) is 0.690. The highest BCUT2D eigenvalue weighted by atomic mass is 127. The van der Waals surface area contributed by atoms with Crippen molar-refractivity contribution < 1.29 is 23.7 Å². The van der Waals surface area contributed by atoms with E-state index in [1.54, 1.807) is 0 Å². The minimum atomic E-state index is 0.468. The first-order valence-corrected chi connectivity index (χ1v) is 11.2. The molecule has 0 bridgehead atoms. The van der Waals surface area contributed by atoms with E-state index in [-0.39, 0.29) is 0 Å².